The van der Waals surface area contributed by atoms with Gasteiger partial charge in [0.05, 0.1) is 16.5 Å². The minimum Gasteiger partial charge on any atom is -0.481 e. The zero-order chi connectivity index (χ0) is 14.0. The molecule has 1 aromatic heterocycles. The van der Waals surface area contributed by atoms with Crippen molar-refractivity contribution in [2.75, 3.05) is 5.75 Å². The number of hydrogen-bond acceptors (Lipinski definition) is 3. The molecule has 0 saturated heterocycles. The molecule has 100 valence electrons. The van der Waals surface area contributed by atoms with E-state index in [1.54, 1.807) is 6.07 Å². The normalized spacial score (nSPS) is 10.7. The van der Waals surface area contributed by atoms with Crippen molar-refractivity contribution in [2.24, 2.45) is 0 Å². The van der Waals surface area contributed by atoms with Gasteiger partial charge in [0.1, 0.15) is 0 Å². The van der Waals surface area contributed by atoms with Crippen molar-refractivity contribution >= 4 is 45.3 Å². The zero-order valence-electron chi connectivity index (χ0n) is 9.93. The Labute approximate surface area is 127 Å². The molecule has 0 saturated carbocycles. The van der Waals surface area contributed by atoms with Gasteiger partial charge in [-0.2, -0.15) is 0 Å². The van der Waals surface area contributed by atoms with Gasteiger partial charge in [-0.1, -0.05) is 23.4 Å². The molecule has 0 fully saturated rings. The number of thioether (sulfide) groups is 1. The molecule has 2 rings (SSSR count). The molecule has 0 aliphatic rings. The monoisotopic (exact) mass is 360 g/mol. The van der Waals surface area contributed by atoms with Crippen molar-refractivity contribution in [3.8, 4) is 5.69 Å². The highest BCUT2D eigenvalue weighted by atomic mass is 79.9. The standard InChI is InChI=1S/C12H10BrClN2O2S/c1-7-5-16(12(15-7)19-6-11(17)18)8-2-3-10(14)9(13)4-8/h2-5H,6H2,1H3,(H,17,18). The maximum atomic E-state index is 10.6. The predicted octanol–water partition coefficient (Wildman–Crippen LogP) is 3.77. The van der Waals surface area contributed by atoms with E-state index in [4.69, 9.17) is 16.7 Å². The number of halogens is 2. The summed E-state index contributed by atoms with van der Waals surface area (Å²) in [7, 11) is 0. The van der Waals surface area contributed by atoms with Crippen LogP contribution < -0.4 is 0 Å². The lowest BCUT2D eigenvalue weighted by Gasteiger charge is -2.07. The van der Waals surface area contributed by atoms with Crippen LogP contribution in [-0.2, 0) is 4.79 Å². The number of imidazole rings is 1. The van der Waals surface area contributed by atoms with E-state index in [2.05, 4.69) is 20.9 Å². The first-order chi connectivity index (χ1) is 8.97. The number of hydrogen-bond donors (Lipinski definition) is 1. The molecular weight excluding hydrogens is 352 g/mol. The quantitative estimate of drug-likeness (QED) is 0.842. The average molecular weight is 362 g/mol. The van der Waals surface area contributed by atoms with Crippen LogP contribution in [0.3, 0.4) is 0 Å². The minimum absolute atomic E-state index is 0.0226. The number of aromatic nitrogens is 2. The van der Waals surface area contributed by atoms with Crippen LogP contribution in [0, 0.1) is 6.92 Å². The van der Waals surface area contributed by atoms with Crippen LogP contribution in [-0.4, -0.2) is 26.4 Å². The minimum atomic E-state index is -0.866. The molecule has 2 aromatic rings. The van der Waals surface area contributed by atoms with Crippen molar-refractivity contribution in [1.29, 1.82) is 0 Å². The number of carboxylic acid groups (broad SMARTS) is 1. The Morgan fingerprint density at radius 2 is 2.32 bits per heavy atom. The van der Waals surface area contributed by atoms with Crippen molar-refractivity contribution in [3.05, 3.63) is 39.6 Å². The molecule has 7 heteroatoms. The molecule has 0 radical (unpaired) electrons. The molecule has 0 unspecified atom stereocenters. The second-order valence-corrected chi connectivity index (χ2v) is 6.02. The fourth-order valence-electron chi connectivity index (χ4n) is 1.52. The molecule has 0 aliphatic heterocycles. The summed E-state index contributed by atoms with van der Waals surface area (Å²) >= 11 is 10.5. The molecule has 0 aliphatic carbocycles. The third kappa shape index (κ3) is 3.52. The topological polar surface area (TPSA) is 55.1 Å². The van der Waals surface area contributed by atoms with Gasteiger partial charge in [-0.05, 0) is 41.1 Å². The zero-order valence-corrected chi connectivity index (χ0v) is 13.1. The lowest BCUT2D eigenvalue weighted by Crippen LogP contribution is -2.01. The SMILES string of the molecule is Cc1cn(-c2ccc(Cl)c(Br)c2)c(SCC(=O)O)n1. The summed E-state index contributed by atoms with van der Waals surface area (Å²) in [6.45, 7) is 1.87. The molecule has 0 bridgehead atoms. The number of nitrogens with zero attached hydrogens (tertiary/aromatic N) is 2. The summed E-state index contributed by atoms with van der Waals surface area (Å²) < 4.78 is 2.64. The first kappa shape index (κ1) is 14.4. The number of aliphatic carboxylic acids is 1. The Morgan fingerprint density at radius 1 is 1.58 bits per heavy atom. The van der Waals surface area contributed by atoms with Gasteiger partial charge in [0.2, 0.25) is 0 Å². The van der Waals surface area contributed by atoms with Crippen LogP contribution in [0.4, 0.5) is 0 Å². The Kier molecular flexibility index (Phi) is 4.54. The predicted molar refractivity (Wildman–Crippen MR) is 79.4 cm³/mol. The highest BCUT2D eigenvalue weighted by molar-refractivity contribution is 9.10. The molecule has 0 atom stereocenters. The summed E-state index contributed by atoms with van der Waals surface area (Å²) in [5, 5.41) is 10.0. The lowest BCUT2D eigenvalue weighted by molar-refractivity contribution is -0.133. The van der Waals surface area contributed by atoms with Gasteiger partial charge in [0.25, 0.3) is 0 Å². The van der Waals surface area contributed by atoms with Crippen molar-refractivity contribution in [2.45, 2.75) is 12.1 Å². The van der Waals surface area contributed by atoms with Crippen molar-refractivity contribution < 1.29 is 9.90 Å². The van der Waals surface area contributed by atoms with Crippen LogP contribution in [0.2, 0.25) is 5.02 Å². The molecule has 0 spiro atoms. The van der Waals surface area contributed by atoms with E-state index in [0.29, 0.717) is 10.2 Å². The fourth-order valence-corrected chi connectivity index (χ4v) is 2.77. The molecule has 4 nitrogen and oxygen atoms in total. The summed E-state index contributed by atoms with van der Waals surface area (Å²) in [6.07, 6.45) is 1.86. The summed E-state index contributed by atoms with van der Waals surface area (Å²) in [5.41, 5.74) is 1.71. The first-order valence-corrected chi connectivity index (χ1v) is 7.49. The van der Waals surface area contributed by atoms with E-state index in [-0.39, 0.29) is 5.75 Å². The molecule has 0 amide bonds. The molecule has 1 heterocycles. The Hall–Kier alpha value is -0.980. The molecule has 1 N–H and O–H groups in total. The molecular formula is C12H10BrClN2O2S. The first-order valence-electron chi connectivity index (χ1n) is 5.33. The maximum Gasteiger partial charge on any atom is 0.313 e. The van der Waals surface area contributed by atoms with Crippen LogP contribution in [0.15, 0.2) is 34.0 Å². The van der Waals surface area contributed by atoms with E-state index in [0.717, 1.165) is 15.9 Å². The molecule has 1 aromatic carbocycles. The number of aryl methyl sites for hydroxylation is 1. The van der Waals surface area contributed by atoms with Crippen molar-refractivity contribution in [1.82, 2.24) is 9.55 Å². The second-order valence-electron chi connectivity index (χ2n) is 3.82. The highest BCUT2D eigenvalue weighted by Crippen LogP contribution is 2.28. The Bertz CT molecular complexity index is 630. The van der Waals surface area contributed by atoms with E-state index >= 15 is 0 Å². The van der Waals surface area contributed by atoms with Gasteiger partial charge in [-0.15, -0.1) is 0 Å². The average Bonchev–Trinajstić information content (AvgIpc) is 2.71. The highest BCUT2D eigenvalue weighted by Gasteiger charge is 2.11. The number of carbonyl (C=O) groups is 1. The summed E-state index contributed by atoms with van der Waals surface area (Å²) in [4.78, 5) is 15.0. The summed E-state index contributed by atoms with van der Waals surface area (Å²) in [6, 6.07) is 5.51. The fraction of sp³-hybridized carbons (Fsp3) is 0.167. The van der Waals surface area contributed by atoms with E-state index in [9.17, 15) is 4.79 Å². The van der Waals surface area contributed by atoms with Crippen LogP contribution in [0.1, 0.15) is 5.69 Å². The van der Waals surface area contributed by atoms with Crippen LogP contribution >= 0.6 is 39.3 Å². The van der Waals surface area contributed by atoms with Gasteiger partial charge in [0.15, 0.2) is 5.16 Å². The maximum absolute atomic E-state index is 10.6. The Balaban J connectivity index is 2.37. The number of benzene rings is 1. The van der Waals surface area contributed by atoms with Gasteiger partial charge in [0, 0.05) is 16.4 Å². The van der Waals surface area contributed by atoms with Gasteiger partial charge in [-0.25, -0.2) is 4.98 Å². The second kappa shape index (κ2) is 5.98. The summed E-state index contributed by atoms with van der Waals surface area (Å²) in [5.74, 6) is -0.889. The van der Waals surface area contributed by atoms with Crippen LogP contribution in [0.25, 0.3) is 5.69 Å². The largest absolute Gasteiger partial charge is 0.481 e. The van der Waals surface area contributed by atoms with E-state index in [1.807, 2.05) is 29.8 Å². The Morgan fingerprint density at radius 3 is 2.95 bits per heavy atom. The number of carboxylic acids is 1. The van der Waals surface area contributed by atoms with Gasteiger partial charge in [-0.3, -0.25) is 9.36 Å². The van der Waals surface area contributed by atoms with Crippen molar-refractivity contribution in [3.63, 3.8) is 0 Å². The van der Waals surface area contributed by atoms with Gasteiger partial charge < -0.3 is 5.11 Å². The van der Waals surface area contributed by atoms with E-state index < -0.39 is 5.97 Å². The molecule has 19 heavy (non-hydrogen) atoms. The third-order valence-electron chi connectivity index (χ3n) is 2.30. The van der Waals surface area contributed by atoms with Gasteiger partial charge >= 0.3 is 5.97 Å². The van der Waals surface area contributed by atoms with Crippen LogP contribution in [0.5, 0.6) is 0 Å². The lowest BCUT2D eigenvalue weighted by atomic mass is 10.3. The smallest absolute Gasteiger partial charge is 0.313 e. The number of rotatable bonds is 4. The third-order valence-corrected chi connectivity index (χ3v) is 4.45. The van der Waals surface area contributed by atoms with E-state index in [1.165, 1.54) is 11.8 Å².